The van der Waals surface area contributed by atoms with E-state index in [9.17, 15) is 0 Å². The molecule has 0 aliphatic rings. The van der Waals surface area contributed by atoms with Gasteiger partial charge in [-0.1, -0.05) is 37.6 Å². The van der Waals surface area contributed by atoms with Crippen LogP contribution in [0.25, 0.3) is 0 Å². The summed E-state index contributed by atoms with van der Waals surface area (Å²) in [5.41, 5.74) is 2.13. The van der Waals surface area contributed by atoms with E-state index in [0.29, 0.717) is 12.5 Å². The predicted molar refractivity (Wildman–Crippen MR) is 98.3 cm³/mol. The fourth-order valence-corrected chi connectivity index (χ4v) is 2.58. The number of benzene rings is 1. The number of aryl methyl sites for hydroxylation is 1. The molecule has 2 aromatic rings. The topological polar surface area (TPSA) is 41.1 Å². The first-order valence-electron chi connectivity index (χ1n) is 8.21. The van der Waals surface area contributed by atoms with E-state index in [-0.39, 0.29) is 0 Å². The summed E-state index contributed by atoms with van der Waals surface area (Å²) in [5, 5.41) is 4.06. The minimum atomic E-state index is 0.673. The van der Waals surface area contributed by atoms with Crippen molar-refractivity contribution < 1.29 is 0 Å². The summed E-state index contributed by atoms with van der Waals surface area (Å²) in [6, 6.07) is 9.86. The van der Waals surface area contributed by atoms with Gasteiger partial charge in [-0.3, -0.25) is 0 Å². The van der Waals surface area contributed by atoms with E-state index >= 15 is 0 Å². The number of nitrogens with one attached hydrogen (secondary N) is 1. The van der Waals surface area contributed by atoms with Crippen molar-refractivity contribution in [3.63, 3.8) is 0 Å². The lowest BCUT2D eigenvalue weighted by molar-refractivity contribution is 0.732. The Morgan fingerprint density at radius 2 is 1.70 bits per heavy atom. The van der Waals surface area contributed by atoms with Gasteiger partial charge < -0.3 is 10.2 Å². The molecule has 0 atom stereocenters. The van der Waals surface area contributed by atoms with Crippen molar-refractivity contribution in [1.29, 1.82) is 0 Å². The van der Waals surface area contributed by atoms with Crippen LogP contribution in [-0.2, 0) is 6.54 Å². The summed E-state index contributed by atoms with van der Waals surface area (Å²) in [5.74, 6) is 1.67. The van der Waals surface area contributed by atoms with Crippen molar-refractivity contribution >= 4 is 23.4 Å². The van der Waals surface area contributed by atoms with E-state index in [1.165, 1.54) is 0 Å². The number of aromatic nitrogens is 2. The van der Waals surface area contributed by atoms with Gasteiger partial charge in [-0.15, -0.1) is 0 Å². The molecule has 4 nitrogen and oxygen atoms in total. The van der Waals surface area contributed by atoms with Gasteiger partial charge in [0.25, 0.3) is 0 Å². The van der Waals surface area contributed by atoms with Gasteiger partial charge in [0.05, 0.1) is 0 Å². The highest BCUT2D eigenvalue weighted by Crippen LogP contribution is 2.17. The Kier molecular flexibility index (Phi) is 6.66. The van der Waals surface area contributed by atoms with Crippen LogP contribution >= 0.6 is 11.6 Å². The minimum Gasteiger partial charge on any atom is -0.356 e. The summed E-state index contributed by atoms with van der Waals surface area (Å²) >= 11 is 5.91. The number of hydrogen-bond acceptors (Lipinski definition) is 4. The maximum atomic E-state index is 5.91. The molecular formula is C18H25ClN4. The molecule has 23 heavy (non-hydrogen) atoms. The first-order valence-corrected chi connectivity index (χ1v) is 8.59. The molecule has 1 heterocycles. The number of rotatable bonds is 8. The van der Waals surface area contributed by atoms with Crippen molar-refractivity contribution in [2.75, 3.05) is 23.3 Å². The van der Waals surface area contributed by atoms with E-state index in [0.717, 1.165) is 48.0 Å². The lowest BCUT2D eigenvalue weighted by atomic mass is 10.2. The largest absolute Gasteiger partial charge is 0.356 e. The van der Waals surface area contributed by atoms with Crippen molar-refractivity contribution in [3.8, 4) is 0 Å². The quantitative estimate of drug-likeness (QED) is 0.762. The number of anilines is 2. The maximum Gasteiger partial charge on any atom is 0.225 e. The summed E-state index contributed by atoms with van der Waals surface area (Å²) in [6.07, 6.45) is 2.22. The van der Waals surface area contributed by atoms with Crippen LogP contribution in [0.4, 0.5) is 11.8 Å². The van der Waals surface area contributed by atoms with Crippen molar-refractivity contribution in [2.24, 2.45) is 0 Å². The zero-order valence-electron chi connectivity index (χ0n) is 14.1. The van der Waals surface area contributed by atoms with Crippen LogP contribution in [-0.4, -0.2) is 23.1 Å². The summed E-state index contributed by atoms with van der Waals surface area (Å²) in [6.45, 7) is 9.10. The third-order valence-corrected chi connectivity index (χ3v) is 3.77. The van der Waals surface area contributed by atoms with Crippen molar-refractivity contribution in [2.45, 2.75) is 40.2 Å². The second-order valence-corrected chi connectivity index (χ2v) is 6.09. The highest BCUT2D eigenvalue weighted by molar-refractivity contribution is 6.30. The fraction of sp³-hybridized carbons (Fsp3) is 0.444. The van der Waals surface area contributed by atoms with Crippen LogP contribution in [0, 0.1) is 6.92 Å². The molecule has 0 unspecified atom stereocenters. The van der Waals surface area contributed by atoms with Gasteiger partial charge in [0.15, 0.2) is 0 Å². The molecule has 2 rings (SSSR count). The molecule has 0 fully saturated rings. The summed E-state index contributed by atoms with van der Waals surface area (Å²) in [7, 11) is 0. The molecular weight excluding hydrogens is 308 g/mol. The normalized spacial score (nSPS) is 10.6. The van der Waals surface area contributed by atoms with Gasteiger partial charge in [-0.2, -0.15) is 4.98 Å². The minimum absolute atomic E-state index is 0.673. The smallest absolute Gasteiger partial charge is 0.225 e. The van der Waals surface area contributed by atoms with Crippen molar-refractivity contribution in [1.82, 2.24) is 9.97 Å². The Labute approximate surface area is 143 Å². The lowest BCUT2D eigenvalue weighted by Gasteiger charge is -2.23. The lowest BCUT2D eigenvalue weighted by Crippen LogP contribution is -2.26. The van der Waals surface area contributed by atoms with Gasteiger partial charge in [0.2, 0.25) is 5.95 Å². The SMILES string of the molecule is CCCN(CCC)c1cc(C)nc(NCc2ccc(Cl)cc2)n1. The highest BCUT2D eigenvalue weighted by Gasteiger charge is 2.09. The van der Waals surface area contributed by atoms with Gasteiger partial charge in [0.1, 0.15) is 5.82 Å². The zero-order chi connectivity index (χ0) is 16.7. The van der Waals surface area contributed by atoms with E-state index in [1.54, 1.807) is 0 Å². The number of hydrogen-bond donors (Lipinski definition) is 1. The molecule has 0 amide bonds. The Bertz CT molecular complexity index is 607. The monoisotopic (exact) mass is 332 g/mol. The first kappa shape index (κ1) is 17.5. The summed E-state index contributed by atoms with van der Waals surface area (Å²) < 4.78 is 0. The van der Waals surface area contributed by atoms with Crippen LogP contribution < -0.4 is 10.2 Å². The fourth-order valence-electron chi connectivity index (χ4n) is 2.46. The maximum absolute atomic E-state index is 5.91. The molecule has 0 aliphatic carbocycles. The third-order valence-electron chi connectivity index (χ3n) is 3.52. The predicted octanol–water partition coefficient (Wildman–Crippen LogP) is 4.68. The Hall–Kier alpha value is -1.81. The van der Waals surface area contributed by atoms with Crippen LogP contribution in [0.5, 0.6) is 0 Å². The molecule has 124 valence electrons. The first-order chi connectivity index (χ1) is 11.1. The number of halogens is 1. The highest BCUT2D eigenvalue weighted by atomic mass is 35.5. The van der Waals surface area contributed by atoms with Gasteiger partial charge in [0, 0.05) is 36.4 Å². The zero-order valence-corrected chi connectivity index (χ0v) is 14.9. The van der Waals surface area contributed by atoms with E-state index in [1.807, 2.05) is 31.2 Å². The standard InChI is InChI=1S/C18H25ClN4/c1-4-10-23(11-5-2)17-12-14(3)21-18(22-17)20-13-15-6-8-16(19)9-7-15/h6-9,12H,4-5,10-11,13H2,1-3H3,(H,20,21,22). The van der Waals surface area contributed by atoms with E-state index < -0.39 is 0 Å². The number of nitrogens with zero attached hydrogens (tertiary/aromatic N) is 3. The van der Waals surface area contributed by atoms with Gasteiger partial charge in [-0.05, 0) is 37.5 Å². The molecule has 0 aliphatic heterocycles. The molecule has 0 saturated carbocycles. The van der Waals surface area contributed by atoms with Crippen LogP contribution in [0.15, 0.2) is 30.3 Å². The van der Waals surface area contributed by atoms with E-state index in [4.69, 9.17) is 11.6 Å². The Morgan fingerprint density at radius 3 is 2.30 bits per heavy atom. The third kappa shape index (κ3) is 5.39. The average molecular weight is 333 g/mol. The van der Waals surface area contributed by atoms with E-state index in [2.05, 4.69) is 40.1 Å². The molecule has 0 bridgehead atoms. The molecule has 0 radical (unpaired) electrons. The van der Waals surface area contributed by atoms with Crippen LogP contribution in [0.1, 0.15) is 37.9 Å². The molecule has 0 spiro atoms. The molecule has 0 saturated heterocycles. The average Bonchev–Trinajstić information content (AvgIpc) is 2.54. The van der Waals surface area contributed by atoms with Gasteiger partial charge >= 0.3 is 0 Å². The van der Waals surface area contributed by atoms with Crippen LogP contribution in [0.3, 0.4) is 0 Å². The van der Waals surface area contributed by atoms with Gasteiger partial charge in [-0.25, -0.2) is 4.98 Å². The van der Waals surface area contributed by atoms with Crippen LogP contribution in [0.2, 0.25) is 5.02 Å². The second-order valence-electron chi connectivity index (χ2n) is 5.66. The molecule has 1 N–H and O–H groups in total. The molecule has 5 heteroatoms. The molecule has 1 aromatic carbocycles. The Balaban J connectivity index is 2.11. The Morgan fingerprint density at radius 1 is 1.04 bits per heavy atom. The summed E-state index contributed by atoms with van der Waals surface area (Å²) in [4.78, 5) is 11.5. The second kappa shape index (κ2) is 8.73. The molecule has 1 aromatic heterocycles. The van der Waals surface area contributed by atoms with Crippen molar-refractivity contribution in [3.05, 3.63) is 46.6 Å².